The number of phenolic OH excluding ortho intramolecular Hbond substituents is 1. The molecule has 0 unspecified atom stereocenters. The first-order valence-electron chi connectivity index (χ1n) is 4.78. The standard InChI is InChI=1S/C11H9F3N2O/c1-16-10(4-5-15-16)8-3-2-7(17)6-9(8)11(12,13)14/h2-6,17H,1H3. The van der Waals surface area contributed by atoms with Gasteiger partial charge in [-0.25, -0.2) is 0 Å². The van der Waals surface area contributed by atoms with Crippen LogP contribution in [0, 0.1) is 0 Å². The van der Waals surface area contributed by atoms with Crippen molar-refractivity contribution in [2.45, 2.75) is 6.18 Å². The number of benzene rings is 1. The second-order valence-electron chi connectivity index (χ2n) is 3.57. The number of alkyl halides is 3. The predicted octanol–water partition coefficient (Wildman–Crippen LogP) is 2.81. The lowest BCUT2D eigenvalue weighted by Gasteiger charge is -2.13. The van der Waals surface area contributed by atoms with E-state index in [1.54, 1.807) is 7.05 Å². The summed E-state index contributed by atoms with van der Waals surface area (Å²) in [5, 5.41) is 13.0. The Bertz CT molecular complexity index is 546. The van der Waals surface area contributed by atoms with Crippen LogP contribution < -0.4 is 0 Å². The number of hydrogen-bond acceptors (Lipinski definition) is 2. The minimum absolute atomic E-state index is 0.00435. The van der Waals surface area contributed by atoms with Crippen LogP contribution in [-0.2, 0) is 13.2 Å². The van der Waals surface area contributed by atoms with Crippen LogP contribution in [-0.4, -0.2) is 14.9 Å². The highest BCUT2D eigenvalue weighted by atomic mass is 19.4. The van der Waals surface area contributed by atoms with Gasteiger partial charge in [0.25, 0.3) is 0 Å². The number of aromatic nitrogens is 2. The molecular formula is C11H9F3N2O. The van der Waals surface area contributed by atoms with Crippen LogP contribution in [0.15, 0.2) is 30.5 Å². The number of aromatic hydroxyl groups is 1. The largest absolute Gasteiger partial charge is 0.508 e. The van der Waals surface area contributed by atoms with E-state index in [4.69, 9.17) is 5.11 Å². The Labute approximate surface area is 95.1 Å². The van der Waals surface area contributed by atoms with Crippen molar-refractivity contribution in [3.8, 4) is 17.0 Å². The zero-order valence-corrected chi connectivity index (χ0v) is 8.86. The van der Waals surface area contributed by atoms with Crippen LogP contribution in [0.1, 0.15) is 5.56 Å². The van der Waals surface area contributed by atoms with Crippen molar-refractivity contribution >= 4 is 0 Å². The van der Waals surface area contributed by atoms with Gasteiger partial charge in [0.05, 0.1) is 11.3 Å². The summed E-state index contributed by atoms with van der Waals surface area (Å²) >= 11 is 0. The first kappa shape index (κ1) is 11.5. The molecule has 0 bridgehead atoms. The lowest BCUT2D eigenvalue weighted by atomic mass is 10.0. The quantitative estimate of drug-likeness (QED) is 0.835. The monoisotopic (exact) mass is 242 g/mol. The van der Waals surface area contributed by atoms with Crippen molar-refractivity contribution in [2.24, 2.45) is 7.05 Å². The molecule has 2 aromatic rings. The lowest BCUT2D eigenvalue weighted by molar-refractivity contribution is -0.137. The smallest absolute Gasteiger partial charge is 0.417 e. The minimum atomic E-state index is -4.52. The van der Waals surface area contributed by atoms with E-state index in [1.807, 2.05) is 0 Å². The van der Waals surface area contributed by atoms with Crippen molar-refractivity contribution in [3.05, 3.63) is 36.0 Å². The fraction of sp³-hybridized carbons (Fsp3) is 0.182. The van der Waals surface area contributed by atoms with Crippen LogP contribution in [0.4, 0.5) is 13.2 Å². The van der Waals surface area contributed by atoms with E-state index < -0.39 is 17.5 Å². The Kier molecular flexibility index (Phi) is 2.57. The first-order valence-corrected chi connectivity index (χ1v) is 4.78. The van der Waals surface area contributed by atoms with Crippen LogP contribution in [0.2, 0.25) is 0 Å². The van der Waals surface area contributed by atoms with Crippen LogP contribution in [0.5, 0.6) is 5.75 Å². The Balaban J connectivity index is 2.67. The Morgan fingerprint density at radius 3 is 2.47 bits per heavy atom. The normalized spacial score (nSPS) is 11.8. The van der Waals surface area contributed by atoms with Crippen LogP contribution in [0.3, 0.4) is 0 Å². The molecule has 0 amide bonds. The molecular weight excluding hydrogens is 233 g/mol. The zero-order valence-electron chi connectivity index (χ0n) is 8.86. The molecule has 6 heteroatoms. The summed E-state index contributed by atoms with van der Waals surface area (Å²) in [5.74, 6) is -0.414. The Morgan fingerprint density at radius 2 is 1.94 bits per heavy atom. The van der Waals surface area contributed by atoms with E-state index in [2.05, 4.69) is 5.10 Å². The molecule has 3 nitrogen and oxygen atoms in total. The van der Waals surface area contributed by atoms with Gasteiger partial charge in [-0.3, -0.25) is 4.68 Å². The van der Waals surface area contributed by atoms with Gasteiger partial charge in [-0.15, -0.1) is 0 Å². The summed E-state index contributed by atoms with van der Waals surface area (Å²) in [6, 6.07) is 4.65. The molecule has 0 aliphatic heterocycles. The average Bonchev–Trinajstić information content (AvgIpc) is 2.63. The molecule has 1 aromatic carbocycles. The number of halogens is 3. The summed E-state index contributed by atoms with van der Waals surface area (Å²) in [5.41, 5.74) is -0.534. The summed E-state index contributed by atoms with van der Waals surface area (Å²) < 4.78 is 39.8. The number of aryl methyl sites for hydroxylation is 1. The maximum atomic E-state index is 12.8. The molecule has 0 aliphatic rings. The number of phenols is 1. The average molecular weight is 242 g/mol. The maximum Gasteiger partial charge on any atom is 0.417 e. The van der Waals surface area contributed by atoms with Crippen molar-refractivity contribution in [1.82, 2.24) is 9.78 Å². The van der Waals surface area contributed by atoms with Crippen molar-refractivity contribution < 1.29 is 18.3 Å². The molecule has 0 aliphatic carbocycles. The second-order valence-corrected chi connectivity index (χ2v) is 3.57. The molecule has 0 saturated carbocycles. The van der Waals surface area contributed by atoms with E-state index in [-0.39, 0.29) is 5.56 Å². The first-order chi connectivity index (χ1) is 7.89. The molecule has 1 heterocycles. The van der Waals surface area contributed by atoms with E-state index in [1.165, 1.54) is 29.1 Å². The topological polar surface area (TPSA) is 38.0 Å². The van der Waals surface area contributed by atoms with Crippen molar-refractivity contribution in [1.29, 1.82) is 0 Å². The maximum absolute atomic E-state index is 12.8. The predicted molar refractivity (Wildman–Crippen MR) is 55.3 cm³/mol. The summed E-state index contributed by atoms with van der Waals surface area (Å²) in [6.45, 7) is 0. The number of rotatable bonds is 1. The molecule has 17 heavy (non-hydrogen) atoms. The third-order valence-corrected chi connectivity index (χ3v) is 2.41. The molecule has 1 N–H and O–H groups in total. The highest BCUT2D eigenvalue weighted by Gasteiger charge is 2.34. The van der Waals surface area contributed by atoms with Gasteiger partial charge in [-0.2, -0.15) is 18.3 Å². The van der Waals surface area contributed by atoms with Gasteiger partial charge in [0.15, 0.2) is 0 Å². The molecule has 0 atom stereocenters. The van der Waals surface area contributed by atoms with Gasteiger partial charge in [-0.1, -0.05) is 0 Å². The molecule has 1 aromatic heterocycles. The van der Waals surface area contributed by atoms with E-state index >= 15 is 0 Å². The summed E-state index contributed by atoms with van der Waals surface area (Å²) in [7, 11) is 1.56. The molecule has 0 saturated heterocycles. The fourth-order valence-corrected chi connectivity index (χ4v) is 1.63. The zero-order chi connectivity index (χ0) is 12.6. The van der Waals surface area contributed by atoms with Gasteiger partial charge in [0, 0.05) is 18.8 Å². The third kappa shape index (κ3) is 2.11. The van der Waals surface area contributed by atoms with E-state index in [0.29, 0.717) is 11.8 Å². The highest BCUT2D eigenvalue weighted by Crippen LogP contribution is 2.38. The number of hydrogen-bond donors (Lipinski definition) is 1. The minimum Gasteiger partial charge on any atom is -0.508 e. The van der Waals surface area contributed by atoms with Crippen molar-refractivity contribution in [2.75, 3.05) is 0 Å². The Hall–Kier alpha value is -1.98. The Morgan fingerprint density at radius 1 is 1.24 bits per heavy atom. The van der Waals surface area contributed by atoms with E-state index in [9.17, 15) is 13.2 Å². The van der Waals surface area contributed by atoms with Gasteiger partial charge in [0.2, 0.25) is 0 Å². The SMILES string of the molecule is Cn1nccc1-c1ccc(O)cc1C(F)(F)F. The van der Waals surface area contributed by atoms with Crippen LogP contribution >= 0.6 is 0 Å². The number of nitrogens with zero attached hydrogens (tertiary/aromatic N) is 2. The molecule has 0 radical (unpaired) electrons. The molecule has 0 spiro atoms. The highest BCUT2D eigenvalue weighted by molar-refractivity contribution is 5.66. The summed E-state index contributed by atoms with van der Waals surface area (Å²) in [4.78, 5) is 0. The van der Waals surface area contributed by atoms with Crippen LogP contribution in [0.25, 0.3) is 11.3 Å². The second kappa shape index (κ2) is 3.80. The lowest BCUT2D eigenvalue weighted by Crippen LogP contribution is -2.08. The van der Waals surface area contributed by atoms with Crippen molar-refractivity contribution in [3.63, 3.8) is 0 Å². The van der Waals surface area contributed by atoms with Gasteiger partial charge in [0.1, 0.15) is 5.75 Å². The summed E-state index contributed by atoms with van der Waals surface area (Å²) in [6.07, 6.45) is -3.10. The molecule has 2 rings (SSSR count). The third-order valence-electron chi connectivity index (χ3n) is 2.41. The van der Waals surface area contributed by atoms with Gasteiger partial charge < -0.3 is 5.11 Å². The van der Waals surface area contributed by atoms with Gasteiger partial charge >= 0.3 is 6.18 Å². The fourth-order valence-electron chi connectivity index (χ4n) is 1.63. The van der Waals surface area contributed by atoms with E-state index in [0.717, 1.165) is 0 Å². The molecule has 90 valence electrons. The van der Waals surface area contributed by atoms with Gasteiger partial charge in [-0.05, 0) is 24.3 Å². The molecule has 0 fully saturated rings.